The average molecular weight is 328 g/mol. The second-order valence-electron chi connectivity index (χ2n) is 4.23. The third kappa shape index (κ3) is 4.05. The fraction of sp³-hybridized carbons (Fsp3) is 0.231. The number of halogens is 1. The first-order valence-corrected chi connectivity index (χ1v) is 8.41. The first kappa shape index (κ1) is 15.5. The summed E-state index contributed by atoms with van der Waals surface area (Å²) in [7, 11) is -3.30. The molecule has 1 N–H and O–H groups in total. The maximum Gasteiger partial charge on any atom is 0.243 e. The van der Waals surface area contributed by atoms with Crippen molar-refractivity contribution in [2.24, 2.45) is 0 Å². The topological polar surface area (TPSA) is 81.2 Å². The normalized spacial score (nSPS) is 11.2. The zero-order chi connectivity index (χ0) is 15.5. The number of hydrogen-bond acceptors (Lipinski definition) is 6. The molecule has 1 aromatic carbocycles. The number of ether oxygens (including phenoxy) is 1. The minimum atomic E-state index is -3.30. The van der Waals surface area contributed by atoms with Gasteiger partial charge in [0, 0.05) is 12.8 Å². The second-order valence-corrected chi connectivity index (χ2v) is 6.65. The Kier molecular flexibility index (Phi) is 4.64. The van der Waals surface area contributed by atoms with Crippen LogP contribution in [0.5, 0.6) is 11.6 Å². The molecule has 1 heterocycles. The van der Waals surface area contributed by atoms with E-state index in [4.69, 9.17) is 16.3 Å². The van der Waals surface area contributed by atoms with Crippen LogP contribution in [-0.2, 0) is 9.84 Å². The van der Waals surface area contributed by atoms with Gasteiger partial charge < -0.3 is 10.1 Å². The SMILES string of the molecule is CCNc1ncc(Cl)c(Oc2cccc(S(C)(=O)=O)c2)n1. The molecule has 8 heteroatoms. The Balaban J connectivity index is 2.32. The van der Waals surface area contributed by atoms with E-state index in [-0.39, 0.29) is 15.8 Å². The zero-order valence-electron chi connectivity index (χ0n) is 11.5. The molecule has 1 aromatic heterocycles. The number of nitrogens with zero attached hydrogens (tertiary/aromatic N) is 2. The van der Waals surface area contributed by atoms with Crippen LogP contribution in [0.15, 0.2) is 35.4 Å². The Bertz CT molecular complexity index is 750. The second kappa shape index (κ2) is 6.28. The maximum absolute atomic E-state index is 11.5. The molecule has 112 valence electrons. The first-order valence-electron chi connectivity index (χ1n) is 6.14. The Hall–Kier alpha value is -1.86. The fourth-order valence-electron chi connectivity index (χ4n) is 1.55. The number of sulfone groups is 1. The molecule has 0 radical (unpaired) electrons. The lowest BCUT2D eigenvalue weighted by Gasteiger charge is -2.09. The summed E-state index contributed by atoms with van der Waals surface area (Å²) in [5.41, 5.74) is 0. The van der Waals surface area contributed by atoms with Crippen LogP contribution in [-0.4, -0.2) is 31.2 Å². The number of hydrogen-bond donors (Lipinski definition) is 1. The molecule has 0 aliphatic heterocycles. The standard InChI is InChI=1S/C13H14ClN3O3S/c1-3-15-13-16-8-11(14)12(17-13)20-9-5-4-6-10(7-9)21(2,18)19/h4-8H,3H2,1-2H3,(H,15,16,17). The van der Waals surface area contributed by atoms with Gasteiger partial charge in [-0.05, 0) is 25.1 Å². The minimum Gasteiger partial charge on any atom is -0.437 e. The van der Waals surface area contributed by atoms with Crippen molar-refractivity contribution >= 4 is 27.4 Å². The van der Waals surface area contributed by atoms with Gasteiger partial charge in [0.1, 0.15) is 10.8 Å². The van der Waals surface area contributed by atoms with Gasteiger partial charge in [0.05, 0.1) is 11.1 Å². The molecule has 0 spiro atoms. The van der Waals surface area contributed by atoms with Crippen LogP contribution in [0, 0.1) is 0 Å². The highest BCUT2D eigenvalue weighted by Gasteiger charge is 2.11. The molecule has 0 fully saturated rings. The van der Waals surface area contributed by atoms with Crippen LogP contribution < -0.4 is 10.1 Å². The van der Waals surface area contributed by atoms with Crippen molar-refractivity contribution in [3.8, 4) is 11.6 Å². The summed E-state index contributed by atoms with van der Waals surface area (Å²) in [5, 5.41) is 3.18. The third-order valence-corrected chi connectivity index (χ3v) is 3.86. The summed E-state index contributed by atoms with van der Waals surface area (Å²) < 4.78 is 28.6. The van der Waals surface area contributed by atoms with Crippen molar-refractivity contribution in [1.29, 1.82) is 0 Å². The molecular weight excluding hydrogens is 314 g/mol. The molecule has 6 nitrogen and oxygen atoms in total. The molecule has 0 aliphatic carbocycles. The average Bonchev–Trinajstić information content (AvgIpc) is 2.42. The summed E-state index contributed by atoms with van der Waals surface area (Å²) in [6, 6.07) is 6.13. The highest BCUT2D eigenvalue weighted by molar-refractivity contribution is 7.90. The predicted octanol–water partition coefficient (Wildman–Crippen LogP) is 2.76. The van der Waals surface area contributed by atoms with E-state index in [1.54, 1.807) is 12.1 Å². The van der Waals surface area contributed by atoms with Crippen LogP contribution in [0.3, 0.4) is 0 Å². The van der Waals surface area contributed by atoms with Crippen LogP contribution in [0.4, 0.5) is 5.95 Å². The summed E-state index contributed by atoms with van der Waals surface area (Å²) in [5.74, 6) is 0.880. The summed E-state index contributed by atoms with van der Waals surface area (Å²) in [6.07, 6.45) is 2.55. The van der Waals surface area contributed by atoms with Crippen molar-refractivity contribution in [2.75, 3.05) is 18.1 Å². The van der Waals surface area contributed by atoms with E-state index in [0.29, 0.717) is 18.2 Å². The summed E-state index contributed by atoms with van der Waals surface area (Å²) in [6.45, 7) is 2.57. The largest absolute Gasteiger partial charge is 0.437 e. The van der Waals surface area contributed by atoms with Gasteiger partial charge in [-0.25, -0.2) is 13.4 Å². The molecule has 0 unspecified atom stereocenters. The highest BCUT2D eigenvalue weighted by Crippen LogP contribution is 2.28. The number of aromatic nitrogens is 2. The van der Waals surface area contributed by atoms with Crippen molar-refractivity contribution in [3.05, 3.63) is 35.5 Å². The van der Waals surface area contributed by atoms with E-state index in [2.05, 4.69) is 15.3 Å². The summed E-state index contributed by atoms with van der Waals surface area (Å²) >= 11 is 5.98. The van der Waals surface area contributed by atoms with Gasteiger partial charge in [-0.15, -0.1) is 0 Å². The van der Waals surface area contributed by atoms with E-state index in [1.165, 1.54) is 18.3 Å². The van der Waals surface area contributed by atoms with Gasteiger partial charge in [-0.1, -0.05) is 17.7 Å². The third-order valence-electron chi connectivity index (χ3n) is 2.50. The highest BCUT2D eigenvalue weighted by atomic mass is 35.5. The lowest BCUT2D eigenvalue weighted by Crippen LogP contribution is -2.03. The first-order chi connectivity index (χ1) is 9.90. The lowest BCUT2D eigenvalue weighted by molar-refractivity contribution is 0.461. The molecule has 0 amide bonds. The Morgan fingerprint density at radius 2 is 2.14 bits per heavy atom. The molecule has 0 saturated carbocycles. The monoisotopic (exact) mass is 327 g/mol. The van der Waals surface area contributed by atoms with Crippen LogP contribution in [0.2, 0.25) is 5.02 Å². The van der Waals surface area contributed by atoms with Gasteiger partial charge in [0.2, 0.25) is 11.8 Å². The molecule has 0 atom stereocenters. The van der Waals surface area contributed by atoms with Crippen molar-refractivity contribution in [1.82, 2.24) is 9.97 Å². The van der Waals surface area contributed by atoms with Gasteiger partial charge in [0.15, 0.2) is 9.84 Å². The van der Waals surface area contributed by atoms with E-state index < -0.39 is 9.84 Å². The Labute approximate surface area is 128 Å². The van der Waals surface area contributed by atoms with Crippen LogP contribution >= 0.6 is 11.6 Å². The number of benzene rings is 1. The van der Waals surface area contributed by atoms with Crippen molar-refractivity contribution < 1.29 is 13.2 Å². The molecule has 2 rings (SSSR count). The maximum atomic E-state index is 11.5. The predicted molar refractivity (Wildman–Crippen MR) is 80.8 cm³/mol. The molecule has 2 aromatic rings. The molecule has 21 heavy (non-hydrogen) atoms. The van der Waals surface area contributed by atoms with Crippen molar-refractivity contribution in [3.63, 3.8) is 0 Å². The number of rotatable bonds is 5. The van der Waals surface area contributed by atoms with Crippen molar-refractivity contribution in [2.45, 2.75) is 11.8 Å². The number of anilines is 1. The zero-order valence-corrected chi connectivity index (χ0v) is 13.1. The van der Waals surface area contributed by atoms with E-state index in [0.717, 1.165) is 6.26 Å². The van der Waals surface area contributed by atoms with E-state index in [9.17, 15) is 8.42 Å². The van der Waals surface area contributed by atoms with Gasteiger partial charge in [-0.3, -0.25) is 0 Å². The van der Waals surface area contributed by atoms with Crippen LogP contribution in [0.1, 0.15) is 6.92 Å². The van der Waals surface area contributed by atoms with E-state index in [1.807, 2.05) is 6.92 Å². The fourth-order valence-corrected chi connectivity index (χ4v) is 2.33. The van der Waals surface area contributed by atoms with Gasteiger partial charge in [-0.2, -0.15) is 4.98 Å². The molecule has 0 saturated heterocycles. The lowest BCUT2D eigenvalue weighted by atomic mass is 10.3. The van der Waals surface area contributed by atoms with Gasteiger partial charge >= 0.3 is 0 Å². The van der Waals surface area contributed by atoms with E-state index >= 15 is 0 Å². The smallest absolute Gasteiger partial charge is 0.243 e. The molecule has 0 aliphatic rings. The quantitative estimate of drug-likeness (QED) is 0.909. The molecule has 0 bridgehead atoms. The minimum absolute atomic E-state index is 0.160. The van der Waals surface area contributed by atoms with Crippen LogP contribution in [0.25, 0.3) is 0 Å². The Morgan fingerprint density at radius 3 is 2.81 bits per heavy atom. The van der Waals surface area contributed by atoms with Gasteiger partial charge in [0.25, 0.3) is 0 Å². The summed E-state index contributed by atoms with van der Waals surface area (Å²) in [4.78, 5) is 8.28. The number of nitrogens with one attached hydrogen (secondary N) is 1. The Morgan fingerprint density at radius 1 is 1.38 bits per heavy atom. The molecular formula is C13H14ClN3O3S.